The molecule has 2 amide bonds. The summed E-state index contributed by atoms with van der Waals surface area (Å²) >= 11 is 1.51. The molecule has 5 rings (SSSR count). The molecular formula is C26H33F3N6O2S. The van der Waals surface area contributed by atoms with E-state index >= 15 is 0 Å². The van der Waals surface area contributed by atoms with Crippen molar-refractivity contribution >= 4 is 23.0 Å². The number of nitrogens with zero attached hydrogens (tertiary/aromatic N) is 5. The lowest BCUT2D eigenvalue weighted by Gasteiger charge is -2.29. The summed E-state index contributed by atoms with van der Waals surface area (Å²) in [4.78, 5) is 30.2. The third-order valence-corrected chi connectivity index (χ3v) is 8.44. The Morgan fingerprint density at radius 1 is 1.18 bits per heavy atom. The number of hydrogen-bond acceptors (Lipinski definition) is 6. The highest BCUT2D eigenvalue weighted by Crippen LogP contribution is 2.47. The van der Waals surface area contributed by atoms with E-state index in [1.165, 1.54) is 11.3 Å². The highest BCUT2D eigenvalue weighted by Gasteiger charge is 2.34. The van der Waals surface area contributed by atoms with Crippen LogP contribution in [0.5, 0.6) is 5.88 Å². The molecule has 1 fully saturated rings. The quantitative estimate of drug-likeness (QED) is 0.402. The van der Waals surface area contributed by atoms with Crippen LogP contribution in [-0.2, 0) is 0 Å². The summed E-state index contributed by atoms with van der Waals surface area (Å²) in [5.41, 5.74) is 2.37. The Kier molecular flexibility index (Phi) is 7.78. The van der Waals surface area contributed by atoms with Crippen molar-refractivity contribution in [2.45, 2.75) is 89.4 Å². The van der Waals surface area contributed by atoms with Crippen LogP contribution < -0.4 is 10.1 Å². The number of nitrogens with one attached hydrogen (secondary N) is 1. The van der Waals surface area contributed by atoms with E-state index < -0.39 is 18.6 Å². The van der Waals surface area contributed by atoms with Crippen LogP contribution in [0.1, 0.15) is 87.9 Å². The van der Waals surface area contributed by atoms with Crippen molar-refractivity contribution in [1.29, 1.82) is 0 Å². The number of carbonyl (C=O) groups excluding carboxylic acids is 1. The van der Waals surface area contributed by atoms with E-state index in [4.69, 9.17) is 14.7 Å². The summed E-state index contributed by atoms with van der Waals surface area (Å²) in [6.45, 7) is 4.62. The summed E-state index contributed by atoms with van der Waals surface area (Å²) in [6.07, 6.45) is 4.92. The fourth-order valence-corrected chi connectivity index (χ4v) is 6.07. The standard InChI is InChI=1S/C26H33F3N6O2S/c1-3-35-16(2)24-33-20(17-8-9-17)21(38-24)19-15-34-13-12-30-22(34)23(32-19)37-14-6-4-5-7-18(31-25(35)36)10-11-26(27,28)29/h12-13,15-18H,3-11,14H2,1-2H3,(H,31,36)/t16-,18-/m1/s1. The molecule has 4 heterocycles. The first-order valence-electron chi connectivity index (χ1n) is 13.3. The van der Waals surface area contributed by atoms with Crippen molar-refractivity contribution in [2.75, 3.05) is 13.2 Å². The van der Waals surface area contributed by atoms with Gasteiger partial charge >= 0.3 is 12.2 Å². The average Bonchev–Trinajstić information content (AvgIpc) is 3.43. The fraction of sp³-hybridized carbons (Fsp3) is 0.615. The third kappa shape index (κ3) is 6.05. The number of alkyl halides is 3. The molecule has 206 valence electrons. The molecule has 3 aromatic heterocycles. The predicted octanol–water partition coefficient (Wildman–Crippen LogP) is 6.49. The second-order valence-corrected chi connectivity index (χ2v) is 11.1. The van der Waals surface area contributed by atoms with Crippen molar-refractivity contribution in [3.63, 3.8) is 0 Å². The van der Waals surface area contributed by atoms with E-state index in [1.807, 2.05) is 30.6 Å². The number of fused-ring (bicyclic) bond motifs is 7. The van der Waals surface area contributed by atoms with Gasteiger partial charge in [0.1, 0.15) is 10.7 Å². The van der Waals surface area contributed by atoms with Crippen LogP contribution in [0.15, 0.2) is 18.6 Å². The molecule has 0 saturated heterocycles. The van der Waals surface area contributed by atoms with Gasteiger partial charge in [0.15, 0.2) is 0 Å². The van der Waals surface area contributed by atoms with Crippen LogP contribution in [0.25, 0.3) is 16.2 Å². The predicted molar refractivity (Wildman–Crippen MR) is 138 cm³/mol. The van der Waals surface area contributed by atoms with Gasteiger partial charge in [0.05, 0.1) is 23.2 Å². The number of thiazole rings is 1. The molecule has 0 radical (unpaired) electrons. The van der Waals surface area contributed by atoms with Gasteiger partial charge in [-0.15, -0.1) is 11.3 Å². The molecule has 8 nitrogen and oxygen atoms in total. The monoisotopic (exact) mass is 550 g/mol. The molecule has 1 aliphatic carbocycles. The summed E-state index contributed by atoms with van der Waals surface area (Å²) in [5.74, 6) is 0.810. The van der Waals surface area contributed by atoms with Crippen LogP contribution in [0.3, 0.4) is 0 Å². The molecule has 12 heteroatoms. The molecule has 3 aromatic rings. The number of rotatable bonds is 4. The van der Waals surface area contributed by atoms with Crippen LogP contribution in [-0.4, -0.2) is 55.7 Å². The lowest BCUT2D eigenvalue weighted by Crippen LogP contribution is -2.46. The maximum Gasteiger partial charge on any atom is 0.389 e. The molecule has 0 aromatic carbocycles. The van der Waals surface area contributed by atoms with Crippen molar-refractivity contribution in [1.82, 2.24) is 29.6 Å². The minimum absolute atomic E-state index is 0.140. The van der Waals surface area contributed by atoms with Crippen molar-refractivity contribution in [3.05, 3.63) is 29.3 Å². The normalized spacial score (nSPS) is 21.7. The number of ether oxygens (including phenoxy) is 1. The number of imidazole rings is 1. The summed E-state index contributed by atoms with van der Waals surface area (Å²) < 4.78 is 46.9. The Balaban J connectivity index is 1.50. The highest BCUT2D eigenvalue weighted by molar-refractivity contribution is 7.15. The average molecular weight is 551 g/mol. The van der Waals surface area contributed by atoms with Crippen LogP contribution in [0, 0.1) is 0 Å². The molecule has 1 N–H and O–H groups in total. The minimum atomic E-state index is -4.26. The van der Waals surface area contributed by atoms with Gasteiger partial charge < -0.3 is 19.4 Å². The zero-order valence-corrected chi connectivity index (χ0v) is 22.4. The minimum Gasteiger partial charge on any atom is -0.475 e. The highest BCUT2D eigenvalue weighted by atomic mass is 32.1. The molecule has 2 aliphatic rings. The first-order chi connectivity index (χ1) is 18.2. The zero-order chi connectivity index (χ0) is 26.9. The fourth-order valence-electron chi connectivity index (χ4n) is 4.90. The van der Waals surface area contributed by atoms with E-state index in [1.54, 1.807) is 11.1 Å². The molecule has 2 atom stereocenters. The van der Waals surface area contributed by atoms with Crippen molar-refractivity contribution in [3.8, 4) is 16.5 Å². The van der Waals surface area contributed by atoms with Crippen molar-refractivity contribution in [2.24, 2.45) is 0 Å². The SMILES string of the molecule is CCN1C(=O)N[C@@H](CCC(F)(F)F)CCCCCOc2nc(cn3ccnc23)-c2sc(nc2C2CC2)[C@H]1C. The first-order valence-corrected chi connectivity index (χ1v) is 14.2. The molecule has 4 bridgehead atoms. The number of urea groups is 1. The Labute approximate surface area is 223 Å². The van der Waals surface area contributed by atoms with E-state index in [9.17, 15) is 18.0 Å². The second-order valence-electron chi connectivity index (χ2n) is 10.1. The third-order valence-electron chi connectivity index (χ3n) is 7.18. The van der Waals surface area contributed by atoms with Crippen LogP contribution in [0.4, 0.5) is 18.0 Å². The Morgan fingerprint density at radius 3 is 2.74 bits per heavy atom. The lowest BCUT2D eigenvalue weighted by atomic mass is 10.0. The number of hydrogen-bond donors (Lipinski definition) is 1. The van der Waals surface area contributed by atoms with Gasteiger partial charge in [-0.25, -0.2) is 19.7 Å². The van der Waals surface area contributed by atoms with E-state index in [-0.39, 0.29) is 18.5 Å². The van der Waals surface area contributed by atoms with Gasteiger partial charge in [0, 0.05) is 43.5 Å². The molecule has 1 saturated carbocycles. The summed E-state index contributed by atoms with van der Waals surface area (Å²) in [5, 5.41) is 3.68. The molecule has 0 unspecified atom stereocenters. The van der Waals surface area contributed by atoms with Gasteiger partial charge in [-0.1, -0.05) is 6.42 Å². The Hall–Kier alpha value is -2.89. The van der Waals surface area contributed by atoms with Gasteiger partial charge in [-0.3, -0.25) is 0 Å². The first kappa shape index (κ1) is 26.7. The largest absolute Gasteiger partial charge is 0.475 e. The van der Waals surface area contributed by atoms with Crippen molar-refractivity contribution < 1.29 is 22.7 Å². The number of amides is 2. The van der Waals surface area contributed by atoms with E-state index in [0.717, 1.165) is 47.0 Å². The smallest absolute Gasteiger partial charge is 0.389 e. The van der Waals surface area contributed by atoms with Crippen LogP contribution in [0.2, 0.25) is 0 Å². The van der Waals surface area contributed by atoms with Gasteiger partial charge in [0.2, 0.25) is 5.65 Å². The van der Waals surface area contributed by atoms with E-state index in [2.05, 4.69) is 10.3 Å². The number of aromatic nitrogens is 4. The van der Waals surface area contributed by atoms with E-state index in [0.29, 0.717) is 43.4 Å². The molecule has 0 spiro atoms. The zero-order valence-electron chi connectivity index (χ0n) is 21.6. The number of carbonyl (C=O) groups is 1. The topological polar surface area (TPSA) is 84.7 Å². The van der Waals surface area contributed by atoms with Gasteiger partial charge in [0.25, 0.3) is 5.88 Å². The van der Waals surface area contributed by atoms with Gasteiger partial charge in [-0.05, 0) is 52.4 Å². The lowest BCUT2D eigenvalue weighted by molar-refractivity contribution is -0.136. The molecule has 1 aliphatic heterocycles. The number of halogens is 3. The van der Waals surface area contributed by atoms with Crippen LogP contribution >= 0.6 is 11.3 Å². The summed E-state index contributed by atoms with van der Waals surface area (Å²) in [6, 6.07) is -1.26. The Bertz CT molecular complexity index is 1270. The Morgan fingerprint density at radius 2 is 2.00 bits per heavy atom. The molecular weight excluding hydrogens is 517 g/mol. The maximum atomic E-state index is 13.3. The second kappa shape index (κ2) is 11.1. The summed E-state index contributed by atoms with van der Waals surface area (Å²) in [7, 11) is 0. The van der Waals surface area contributed by atoms with Gasteiger partial charge in [-0.2, -0.15) is 13.2 Å². The maximum absolute atomic E-state index is 13.3. The molecule has 38 heavy (non-hydrogen) atoms.